The molecule has 1 aliphatic rings. The van der Waals surface area contributed by atoms with Gasteiger partial charge < -0.3 is 3.79 Å². The zero-order chi connectivity index (χ0) is 12.1. The van der Waals surface area contributed by atoms with Crippen molar-refractivity contribution in [2.45, 2.75) is 41.0 Å². The van der Waals surface area contributed by atoms with Crippen LogP contribution in [-0.2, 0) is 3.79 Å². The predicted octanol–water partition coefficient (Wildman–Crippen LogP) is 4.48. The Morgan fingerprint density at radius 2 is 2.00 bits per heavy atom. The summed E-state index contributed by atoms with van der Waals surface area (Å²) in [7, 11) is 0. The Kier molecular flexibility index (Phi) is 5.03. The average molecular weight is 262 g/mol. The molecule has 1 aromatic carbocycles. The number of hydrogen-bond acceptors (Lipinski definition) is 2. The second-order valence-electron chi connectivity index (χ2n) is 4.66. The summed E-state index contributed by atoms with van der Waals surface area (Å²) in [5, 5.41) is 0.592. The molecule has 0 saturated heterocycles. The van der Waals surface area contributed by atoms with Crippen LogP contribution in [0.3, 0.4) is 0 Å². The molecule has 1 aliphatic carbocycles. The van der Waals surface area contributed by atoms with E-state index in [0.29, 0.717) is 5.25 Å². The molecular formula is C14H19AlOS. The SMILES string of the molecule is [CH3][Al]([CH3])[O]C1=CC(Sc2ccccc2)CCC1. The van der Waals surface area contributed by atoms with E-state index >= 15 is 0 Å². The molecule has 0 bridgehead atoms. The van der Waals surface area contributed by atoms with E-state index in [1.54, 1.807) is 0 Å². The summed E-state index contributed by atoms with van der Waals surface area (Å²) in [6, 6.07) is 10.6. The van der Waals surface area contributed by atoms with E-state index in [1.165, 1.54) is 23.5 Å². The standard InChI is InChI=1S/C12H14OS.2CH3.Al/c13-10-5-4-8-12(9-10)14-11-6-2-1-3-7-11;;;/h1-3,6-7,9,12-13H,4-5,8H2;2*1H3;/q;;;+1/p-1. The zero-order valence-electron chi connectivity index (χ0n) is 10.6. The number of allylic oxidation sites excluding steroid dienone is 1. The largest absolute Gasteiger partial charge is 0.646 e. The van der Waals surface area contributed by atoms with Crippen LogP contribution in [0.4, 0.5) is 0 Å². The second kappa shape index (κ2) is 6.54. The summed E-state index contributed by atoms with van der Waals surface area (Å²) < 4.78 is 5.95. The van der Waals surface area contributed by atoms with Crippen molar-refractivity contribution in [3.63, 3.8) is 0 Å². The van der Waals surface area contributed by atoms with Crippen LogP contribution in [-0.4, -0.2) is 19.7 Å². The molecule has 0 saturated carbocycles. The van der Waals surface area contributed by atoms with Crippen molar-refractivity contribution < 1.29 is 3.79 Å². The van der Waals surface area contributed by atoms with Crippen LogP contribution in [0.5, 0.6) is 0 Å². The summed E-state index contributed by atoms with van der Waals surface area (Å²) in [6.07, 6.45) is 6.01. The molecule has 0 heterocycles. The van der Waals surface area contributed by atoms with Gasteiger partial charge in [0.15, 0.2) is 0 Å². The van der Waals surface area contributed by atoms with Gasteiger partial charge in [0.25, 0.3) is 0 Å². The third-order valence-corrected chi connectivity index (χ3v) is 4.69. The smallest absolute Gasteiger partial charge is 0.539 e. The maximum absolute atomic E-state index is 5.95. The van der Waals surface area contributed by atoms with Crippen LogP contribution in [0.15, 0.2) is 47.1 Å². The average Bonchev–Trinajstić information content (AvgIpc) is 2.30. The molecule has 0 spiro atoms. The Hall–Kier alpha value is -0.358. The van der Waals surface area contributed by atoms with Crippen molar-refractivity contribution >= 4 is 26.2 Å². The molecule has 90 valence electrons. The Labute approximate surface area is 113 Å². The first-order valence-electron chi connectivity index (χ1n) is 6.33. The maximum Gasteiger partial charge on any atom is 0.539 e. The summed E-state index contributed by atoms with van der Waals surface area (Å²) >= 11 is 1.02. The van der Waals surface area contributed by atoms with E-state index < -0.39 is 14.5 Å². The lowest BCUT2D eigenvalue weighted by Gasteiger charge is -2.23. The first-order chi connectivity index (χ1) is 8.24. The van der Waals surface area contributed by atoms with Crippen LogP contribution in [0, 0.1) is 0 Å². The van der Waals surface area contributed by atoms with Crippen LogP contribution in [0.2, 0.25) is 11.6 Å². The Morgan fingerprint density at radius 1 is 1.24 bits per heavy atom. The van der Waals surface area contributed by atoms with Gasteiger partial charge >= 0.3 is 14.5 Å². The van der Waals surface area contributed by atoms with Crippen LogP contribution in [0.25, 0.3) is 0 Å². The first-order valence-corrected chi connectivity index (χ1v) is 9.99. The van der Waals surface area contributed by atoms with Crippen LogP contribution < -0.4 is 0 Å². The van der Waals surface area contributed by atoms with Gasteiger partial charge in [-0.3, -0.25) is 0 Å². The molecule has 0 N–H and O–H groups in total. The van der Waals surface area contributed by atoms with E-state index in [-0.39, 0.29) is 0 Å². The van der Waals surface area contributed by atoms with Crippen LogP contribution in [0.1, 0.15) is 19.3 Å². The minimum atomic E-state index is -0.933. The Balaban J connectivity index is 1.97. The van der Waals surface area contributed by atoms with Crippen molar-refractivity contribution in [2.24, 2.45) is 0 Å². The lowest BCUT2D eigenvalue weighted by molar-refractivity contribution is 0.396. The Bertz CT molecular complexity index is 375. The minimum Gasteiger partial charge on any atom is -0.646 e. The van der Waals surface area contributed by atoms with Gasteiger partial charge in [0, 0.05) is 16.6 Å². The number of thioether (sulfide) groups is 1. The van der Waals surface area contributed by atoms with Gasteiger partial charge in [0.2, 0.25) is 0 Å². The van der Waals surface area contributed by atoms with Crippen molar-refractivity contribution in [2.75, 3.05) is 0 Å². The molecular weight excluding hydrogens is 243 g/mol. The summed E-state index contributed by atoms with van der Waals surface area (Å²) in [5.41, 5.74) is 0. The van der Waals surface area contributed by atoms with Gasteiger partial charge in [0.05, 0.1) is 5.76 Å². The fourth-order valence-electron chi connectivity index (χ4n) is 2.02. The van der Waals surface area contributed by atoms with Gasteiger partial charge in [-0.05, 0) is 31.1 Å². The molecule has 1 atom stereocenters. The molecule has 0 amide bonds. The molecule has 0 aromatic heterocycles. The van der Waals surface area contributed by atoms with Crippen LogP contribution >= 0.6 is 11.8 Å². The third kappa shape index (κ3) is 4.43. The normalized spacial score (nSPS) is 19.6. The Morgan fingerprint density at radius 3 is 2.71 bits per heavy atom. The predicted molar refractivity (Wildman–Crippen MR) is 76.6 cm³/mol. The van der Waals surface area contributed by atoms with Crippen molar-refractivity contribution in [1.29, 1.82) is 0 Å². The highest BCUT2D eigenvalue weighted by molar-refractivity contribution is 8.00. The molecule has 0 aliphatic heterocycles. The maximum atomic E-state index is 5.95. The summed E-state index contributed by atoms with van der Waals surface area (Å²) in [6.45, 7) is 0. The molecule has 2 rings (SSSR count). The molecule has 3 heteroatoms. The topological polar surface area (TPSA) is 9.23 Å². The van der Waals surface area contributed by atoms with Crippen molar-refractivity contribution in [3.05, 3.63) is 42.2 Å². The highest BCUT2D eigenvalue weighted by atomic mass is 32.2. The van der Waals surface area contributed by atoms with Gasteiger partial charge in [-0.1, -0.05) is 29.8 Å². The number of rotatable bonds is 4. The molecule has 0 radical (unpaired) electrons. The lowest BCUT2D eigenvalue weighted by Crippen LogP contribution is -2.13. The van der Waals surface area contributed by atoms with E-state index in [0.717, 1.165) is 6.42 Å². The van der Waals surface area contributed by atoms with Crippen molar-refractivity contribution in [3.8, 4) is 0 Å². The first kappa shape index (κ1) is 13.1. The lowest BCUT2D eigenvalue weighted by atomic mass is 10.1. The number of hydrogen-bond donors (Lipinski definition) is 0. The van der Waals surface area contributed by atoms with Gasteiger partial charge in [-0.25, -0.2) is 0 Å². The minimum absolute atomic E-state index is 0.592. The highest BCUT2D eigenvalue weighted by Gasteiger charge is 2.17. The second-order valence-corrected chi connectivity index (χ2v) is 8.31. The van der Waals surface area contributed by atoms with E-state index in [9.17, 15) is 0 Å². The monoisotopic (exact) mass is 262 g/mol. The fourth-order valence-corrected chi connectivity index (χ4v) is 3.99. The molecule has 1 nitrogen and oxygen atoms in total. The molecule has 17 heavy (non-hydrogen) atoms. The fraction of sp³-hybridized carbons (Fsp3) is 0.429. The molecule has 0 fully saturated rings. The van der Waals surface area contributed by atoms with Crippen molar-refractivity contribution in [1.82, 2.24) is 0 Å². The zero-order valence-corrected chi connectivity index (χ0v) is 12.5. The van der Waals surface area contributed by atoms with E-state index in [4.69, 9.17) is 3.79 Å². The van der Waals surface area contributed by atoms with Gasteiger partial charge in [-0.15, -0.1) is 11.8 Å². The quantitative estimate of drug-likeness (QED) is 0.740. The highest BCUT2D eigenvalue weighted by Crippen LogP contribution is 2.32. The third-order valence-electron chi connectivity index (χ3n) is 2.70. The van der Waals surface area contributed by atoms with E-state index in [1.807, 2.05) is 11.8 Å². The summed E-state index contributed by atoms with van der Waals surface area (Å²) in [4.78, 5) is 1.36. The number of benzene rings is 1. The molecule has 1 unspecified atom stereocenters. The summed E-state index contributed by atoms with van der Waals surface area (Å²) in [5.74, 6) is 5.70. The van der Waals surface area contributed by atoms with Gasteiger partial charge in [-0.2, -0.15) is 0 Å². The van der Waals surface area contributed by atoms with Gasteiger partial charge in [0.1, 0.15) is 0 Å². The van der Waals surface area contributed by atoms with E-state index in [2.05, 4.69) is 48.0 Å². The molecule has 1 aromatic rings.